The lowest BCUT2D eigenvalue weighted by molar-refractivity contribution is -0.404. The van der Waals surface area contributed by atoms with E-state index in [-0.39, 0.29) is 16.6 Å². The fourth-order valence-electron chi connectivity index (χ4n) is 1.54. The Morgan fingerprint density at radius 1 is 0.684 bits per heavy atom. The zero-order valence-electron chi connectivity index (χ0n) is 14.4. The minimum absolute atomic E-state index is 0.0763. The van der Waals surface area contributed by atoms with E-state index in [0.29, 0.717) is 0 Å². The fraction of sp³-hybridized carbons (Fsp3) is 1.00. The number of nitrogens with zero attached hydrogens (tertiary/aromatic N) is 2. The highest BCUT2D eigenvalue weighted by molar-refractivity contribution is 4.79. The van der Waals surface area contributed by atoms with Crippen LogP contribution in [0.2, 0.25) is 0 Å². The fourth-order valence-corrected chi connectivity index (χ4v) is 1.54. The average molecular weight is 272 g/mol. The first-order valence-corrected chi connectivity index (χ1v) is 6.93. The Bertz CT molecular complexity index is 306. The number of hydrogen-bond acceptors (Lipinski definition) is 4. The summed E-state index contributed by atoms with van der Waals surface area (Å²) in [4.78, 5) is 11.1. The van der Waals surface area contributed by atoms with Gasteiger partial charge in [0, 0.05) is 6.42 Å². The van der Waals surface area contributed by atoms with Crippen LogP contribution in [-0.4, -0.2) is 16.9 Å². The van der Waals surface area contributed by atoms with Crippen LogP contribution in [0.25, 0.3) is 0 Å². The Kier molecular flexibility index (Phi) is 5.73. The zero-order valence-corrected chi connectivity index (χ0v) is 14.4. The Hall–Kier alpha value is -0.480. The second-order valence-corrected chi connectivity index (χ2v) is 8.56. The van der Waals surface area contributed by atoms with E-state index in [1.165, 1.54) is 0 Å². The summed E-state index contributed by atoms with van der Waals surface area (Å²) in [6.45, 7) is 20.3. The minimum Gasteiger partial charge on any atom is -0.228 e. The van der Waals surface area contributed by atoms with Crippen molar-refractivity contribution < 1.29 is 9.78 Å². The van der Waals surface area contributed by atoms with Crippen LogP contribution in [0.5, 0.6) is 0 Å². The highest BCUT2D eigenvalue weighted by Gasteiger charge is 2.34. The lowest BCUT2D eigenvalue weighted by Gasteiger charge is -2.33. The van der Waals surface area contributed by atoms with Crippen LogP contribution in [0.1, 0.15) is 75.7 Å². The molecule has 0 rings (SSSR count). The molecular formula is C15H32N2O2. The lowest BCUT2D eigenvalue weighted by atomic mass is 9.87. The molecule has 0 heterocycles. The molecule has 0 aromatic heterocycles. The summed E-state index contributed by atoms with van der Waals surface area (Å²) in [6.07, 6.45) is 0.732. The summed E-state index contributed by atoms with van der Waals surface area (Å²) >= 11 is 0. The normalized spacial score (nSPS) is 17.8. The first-order valence-electron chi connectivity index (χ1n) is 6.93. The second-order valence-electron chi connectivity index (χ2n) is 8.56. The van der Waals surface area contributed by atoms with Gasteiger partial charge in [0.15, 0.2) is 0 Å². The van der Waals surface area contributed by atoms with Gasteiger partial charge in [-0.3, -0.25) is 0 Å². The van der Waals surface area contributed by atoms with E-state index in [2.05, 4.69) is 31.0 Å². The van der Waals surface area contributed by atoms with Gasteiger partial charge in [-0.25, -0.2) is 9.78 Å². The molecule has 4 nitrogen and oxygen atoms in total. The number of hydrogen-bond donors (Lipinski definition) is 0. The maximum Gasteiger partial charge on any atom is 0.210 e. The molecule has 1 atom stereocenters. The summed E-state index contributed by atoms with van der Waals surface area (Å²) in [5, 5.41) is 8.73. The van der Waals surface area contributed by atoms with Crippen molar-refractivity contribution in [3.8, 4) is 0 Å². The van der Waals surface area contributed by atoms with Crippen molar-refractivity contribution in [2.75, 3.05) is 0 Å². The molecule has 114 valence electrons. The van der Waals surface area contributed by atoms with Crippen molar-refractivity contribution in [2.45, 2.75) is 92.5 Å². The highest BCUT2D eigenvalue weighted by atomic mass is 17.2. The molecule has 0 bridgehead atoms. The van der Waals surface area contributed by atoms with Gasteiger partial charge in [0.1, 0.15) is 0 Å². The van der Waals surface area contributed by atoms with Crippen molar-refractivity contribution >= 4 is 0 Å². The van der Waals surface area contributed by atoms with Crippen LogP contribution in [-0.2, 0) is 9.78 Å². The summed E-state index contributed by atoms with van der Waals surface area (Å²) in [5.74, 6) is 0. The Morgan fingerprint density at radius 3 is 1.47 bits per heavy atom. The second kappa shape index (κ2) is 5.88. The SMILES string of the molecule is CC(C)(C)CC(C)(N=NC(C)(C)C)OOC(C)(C)C. The molecule has 0 radical (unpaired) electrons. The molecule has 0 N–H and O–H groups in total. The Morgan fingerprint density at radius 2 is 1.16 bits per heavy atom. The summed E-state index contributed by atoms with van der Waals surface area (Å²) in [6, 6.07) is 0. The first-order chi connectivity index (χ1) is 8.12. The van der Waals surface area contributed by atoms with Gasteiger partial charge < -0.3 is 0 Å². The van der Waals surface area contributed by atoms with Gasteiger partial charge in [-0.15, -0.1) is 0 Å². The molecule has 0 aliphatic heterocycles. The third-order valence-electron chi connectivity index (χ3n) is 1.89. The molecule has 0 aromatic carbocycles. The van der Waals surface area contributed by atoms with E-state index >= 15 is 0 Å². The van der Waals surface area contributed by atoms with Crippen LogP contribution in [0.15, 0.2) is 10.2 Å². The standard InChI is InChI=1S/C15H32N2O2/c1-12(2,3)11-15(10,17-16-13(4,5)6)19-18-14(7,8)9/h11H2,1-10H3. The molecule has 0 fully saturated rings. The third-order valence-corrected chi connectivity index (χ3v) is 1.89. The van der Waals surface area contributed by atoms with E-state index in [9.17, 15) is 0 Å². The maximum absolute atomic E-state index is 5.61. The van der Waals surface area contributed by atoms with Crippen molar-refractivity contribution in [1.29, 1.82) is 0 Å². The van der Waals surface area contributed by atoms with Crippen LogP contribution in [0.3, 0.4) is 0 Å². The zero-order chi connectivity index (χ0) is 15.5. The van der Waals surface area contributed by atoms with Gasteiger partial charge in [-0.1, -0.05) is 20.8 Å². The molecule has 1 unspecified atom stereocenters. The number of azo groups is 1. The predicted molar refractivity (Wildman–Crippen MR) is 79.0 cm³/mol. The third kappa shape index (κ3) is 11.1. The first kappa shape index (κ1) is 18.5. The molecule has 0 aliphatic rings. The molecule has 4 heteroatoms. The van der Waals surface area contributed by atoms with E-state index in [1.54, 1.807) is 0 Å². The van der Waals surface area contributed by atoms with Gasteiger partial charge >= 0.3 is 0 Å². The summed E-state index contributed by atoms with van der Waals surface area (Å²) in [7, 11) is 0. The lowest BCUT2D eigenvalue weighted by Crippen LogP contribution is -2.35. The van der Waals surface area contributed by atoms with E-state index in [4.69, 9.17) is 9.78 Å². The molecule has 0 aliphatic carbocycles. The smallest absolute Gasteiger partial charge is 0.210 e. The molecule has 0 aromatic rings. The van der Waals surface area contributed by atoms with Gasteiger partial charge in [0.05, 0.1) is 11.1 Å². The Labute approximate surface area is 118 Å². The Balaban J connectivity index is 4.98. The monoisotopic (exact) mass is 272 g/mol. The number of rotatable bonds is 4. The predicted octanol–water partition coefficient (Wildman–Crippen LogP) is 5.14. The molecular weight excluding hydrogens is 240 g/mol. The van der Waals surface area contributed by atoms with Crippen molar-refractivity contribution in [3.05, 3.63) is 0 Å². The molecule has 19 heavy (non-hydrogen) atoms. The molecule has 0 saturated heterocycles. The quantitative estimate of drug-likeness (QED) is 0.404. The van der Waals surface area contributed by atoms with Crippen molar-refractivity contribution in [2.24, 2.45) is 15.6 Å². The summed E-state index contributed by atoms with van der Waals surface area (Å²) in [5.41, 5.74) is -1.27. The van der Waals surface area contributed by atoms with Gasteiger partial charge in [0.25, 0.3) is 0 Å². The minimum atomic E-state index is -0.765. The van der Waals surface area contributed by atoms with E-state index in [1.807, 2.05) is 48.5 Å². The van der Waals surface area contributed by atoms with Crippen LogP contribution in [0.4, 0.5) is 0 Å². The van der Waals surface area contributed by atoms with Gasteiger partial charge in [0.2, 0.25) is 5.72 Å². The average Bonchev–Trinajstić information content (AvgIpc) is 2.07. The van der Waals surface area contributed by atoms with Crippen LogP contribution in [0, 0.1) is 5.41 Å². The molecule has 0 amide bonds. The van der Waals surface area contributed by atoms with Crippen molar-refractivity contribution in [3.63, 3.8) is 0 Å². The maximum atomic E-state index is 5.61. The van der Waals surface area contributed by atoms with Crippen LogP contribution < -0.4 is 0 Å². The van der Waals surface area contributed by atoms with Gasteiger partial charge in [-0.2, -0.15) is 10.2 Å². The van der Waals surface area contributed by atoms with Crippen LogP contribution >= 0.6 is 0 Å². The highest BCUT2D eigenvalue weighted by Crippen LogP contribution is 2.33. The van der Waals surface area contributed by atoms with E-state index in [0.717, 1.165) is 6.42 Å². The summed E-state index contributed by atoms with van der Waals surface area (Å²) < 4.78 is 0. The van der Waals surface area contributed by atoms with E-state index < -0.39 is 5.72 Å². The topological polar surface area (TPSA) is 43.2 Å². The van der Waals surface area contributed by atoms with Gasteiger partial charge in [-0.05, 0) is 53.9 Å². The molecule has 0 saturated carbocycles. The van der Waals surface area contributed by atoms with Crippen molar-refractivity contribution in [1.82, 2.24) is 0 Å². The largest absolute Gasteiger partial charge is 0.228 e. The molecule has 0 spiro atoms.